The minimum Gasteiger partial charge on any atom is -0.368 e. The topological polar surface area (TPSA) is 21.3 Å². The van der Waals surface area contributed by atoms with Gasteiger partial charge in [0.05, 0.1) is 12.2 Å². The number of benzene rings is 1. The highest BCUT2D eigenvalue weighted by Gasteiger charge is 2.24. The molecular formula is C13H17ClFNO. The molecule has 0 aromatic heterocycles. The lowest BCUT2D eigenvalue weighted by atomic mass is 10.1. The second kappa shape index (κ2) is 5.80. The average Bonchev–Trinajstić information content (AvgIpc) is 2.29. The maximum atomic E-state index is 13.0. The summed E-state index contributed by atoms with van der Waals surface area (Å²) in [5, 5.41) is 3.77. The van der Waals surface area contributed by atoms with E-state index in [1.54, 1.807) is 6.07 Å². The monoisotopic (exact) mass is 257 g/mol. The van der Waals surface area contributed by atoms with Crippen LogP contribution in [-0.2, 0) is 4.74 Å². The molecule has 0 saturated carbocycles. The van der Waals surface area contributed by atoms with Crippen molar-refractivity contribution >= 4 is 11.6 Å². The molecule has 1 N–H and O–H groups in total. The van der Waals surface area contributed by atoms with E-state index >= 15 is 0 Å². The summed E-state index contributed by atoms with van der Waals surface area (Å²) in [6.45, 7) is 3.74. The van der Waals surface area contributed by atoms with Gasteiger partial charge in [-0.05, 0) is 18.6 Å². The fraction of sp³-hybridized carbons (Fsp3) is 0.538. The quantitative estimate of drug-likeness (QED) is 0.897. The summed E-state index contributed by atoms with van der Waals surface area (Å²) < 4.78 is 18.9. The first-order valence-corrected chi connectivity index (χ1v) is 6.39. The van der Waals surface area contributed by atoms with Gasteiger partial charge in [0, 0.05) is 23.7 Å². The lowest BCUT2D eigenvalue weighted by molar-refractivity contribution is -0.0424. The molecule has 2 unspecified atom stereocenters. The Balaban J connectivity index is 2.10. The van der Waals surface area contributed by atoms with Gasteiger partial charge in [0.2, 0.25) is 0 Å². The molecule has 2 nitrogen and oxygen atoms in total. The summed E-state index contributed by atoms with van der Waals surface area (Å²) >= 11 is 6.04. The van der Waals surface area contributed by atoms with Gasteiger partial charge in [-0.2, -0.15) is 0 Å². The van der Waals surface area contributed by atoms with Gasteiger partial charge in [0.25, 0.3) is 0 Å². The van der Waals surface area contributed by atoms with Gasteiger partial charge in [-0.25, -0.2) is 4.39 Å². The maximum absolute atomic E-state index is 13.0. The lowest BCUT2D eigenvalue weighted by Gasteiger charge is -2.31. The van der Waals surface area contributed by atoms with Crippen molar-refractivity contribution in [1.29, 1.82) is 0 Å². The van der Waals surface area contributed by atoms with E-state index < -0.39 is 0 Å². The molecule has 1 saturated heterocycles. The number of morpholine rings is 1. The Bertz CT molecular complexity index is 384. The second-order valence-corrected chi connectivity index (χ2v) is 4.77. The van der Waals surface area contributed by atoms with E-state index in [9.17, 15) is 4.39 Å². The summed E-state index contributed by atoms with van der Waals surface area (Å²) in [6, 6.07) is 4.47. The van der Waals surface area contributed by atoms with Crippen LogP contribution in [0.5, 0.6) is 0 Å². The van der Waals surface area contributed by atoms with E-state index in [4.69, 9.17) is 16.3 Å². The van der Waals surface area contributed by atoms with Crippen LogP contribution in [0.25, 0.3) is 0 Å². The zero-order valence-corrected chi connectivity index (χ0v) is 10.6. The van der Waals surface area contributed by atoms with E-state index in [-0.39, 0.29) is 18.0 Å². The molecule has 2 atom stereocenters. The molecular weight excluding hydrogens is 241 g/mol. The van der Waals surface area contributed by atoms with E-state index in [0.29, 0.717) is 5.02 Å². The highest BCUT2D eigenvalue weighted by Crippen LogP contribution is 2.29. The molecule has 1 fully saturated rings. The van der Waals surface area contributed by atoms with Gasteiger partial charge >= 0.3 is 0 Å². The number of hydrogen-bond donors (Lipinski definition) is 1. The Hall–Kier alpha value is -0.640. The standard InChI is InChI=1S/C13H17ClFNO/c1-2-3-10-7-16-8-13(17-10)11-5-4-9(15)6-12(11)14/h4-6,10,13,16H,2-3,7-8H2,1H3. The Labute approximate surface area is 106 Å². The largest absolute Gasteiger partial charge is 0.368 e. The lowest BCUT2D eigenvalue weighted by Crippen LogP contribution is -2.40. The van der Waals surface area contributed by atoms with Crippen LogP contribution in [0, 0.1) is 5.82 Å². The first-order chi connectivity index (χ1) is 8.20. The third-order valence-electron chi connectivity index (χ3n) is 2.98. The second-order valence-electron chi connectivity index (χ2n) is 4.36. The predicted octanol–water partition coefficient (Wildman–Crippen LogP) is 3.31. The smallest absolute Gasteiger partial charge is 0.124 e. The maximum Gasteiger partial charge on any atom is 0.124 e. The summed E-state index contributed by atoms with van der Waals surface area (Å²) in [5.74, 6) is -0.312. The number of nitrogens with one attached hydrogen (secondary N) is 1. The van der Waals surface area contributed by atoms with Crippen LogP contribution in [0.1, 0.15) is 31.4 Å². The van der Waals surface area contributed by atoms with Crippen LogP contribution >= 0.6 is 11.6 Å². The molecule has 4 heteroatoms. The van der Waals surface area contributed by atoms with Crippen LogP contribution in [0.15, 0.2) is 18.2 Å². The number of hydrogen-bond acceptors (Lipinski definition) is 2. The van der Waals surface area contributed by atoms with Crippen LogP contribution in [0.4, 0.5) is 4.39 Å². The SMILES string of the molecule is CCCC1CNCC(c2ccc(F)cc2Cl)O1. The molecule has 2 rings (SSSR count). The fourth-order valence-corrected chi connectivity index (χ4v) is 2.43. The third-order valence-corrected chi connectivity index (χ3v) is 3.31. The van der Waals surface area contributed by atoms with E-state index in [1.807, 2.05) is 0 Å². The Morgan fingerprint density at radius 3 is 3.00 bits per heavy atom. The van der Waals surface area contributed by atoms with E-state index in [0.717, 1.165) is 31.5 Å². The average molecular weight is 258 g/mol. The molecule has 1 heterocycles. The molecule has 17 heavy (non-hydrogen) atoms. The van der Waals surface area contributed by atoms with Gasteiger partial charge in [-0.15, -0.1) is 0 Å². The van der Waals surface area contributed by atoms with Crippen molar-refractivity contribution < 1.29 is 9.13 Å². The van der Waals surface area contributed by atoms with Crippen LogP contribution in [0.2, 0.25) is 5.02 Å². The van der Waals surface area contributed by atoms with E-state index in [1.165, 1.54) is 12.1 Å². The molecule has 1 aromatic rings. The van der Waals surface area contributed by atoms with Gasteiger partial charge < -0.3 is 10.1 Å². The zero-order valence-electron chi connectivity index (χ0n) is 9.88. The van der Waals surface area contributed by atoms with Gasteiger partial charge in [-0.3, -0.25) is 0 Å². The molecule has 0 amide bonds. The number of halogens is 2. The van der Waals surface area contributed by atoms with Gasteiger partial charge in [0.1, 0.15) is 5.82 Å². The molecule has 94 valence electrons. The molecule has 0 radical (unpaired) electrons. The van der Waals surface area contributed by atoms with Crippen molar-refractivity contribution in [2.24, 2.45) is 0 Å². The van der Waals surface area contributed by atoms with Crippen molar-refractivity contribution in [1.82, 2.24) is 5.32 Å². The Kier molecular flexibility index (Phi) is 4.37. The van der Waals surface area contributed by atoms with Crippen molar-refractivity contribution in [3.63, 3.8) is 0 Å². The highest BCUT2D eigenvalue weighted by molar-refractivity contribution is 6.31. The van der Waals surface area contributed by atoms with Crippen LogP contribution in [-0.4, -0.2) is 19.2 Å². The first kappa shape index (κ1) is 12.8. The molecule has 1 aliphatic rings. The summed E-state index contributed by atoms with van der Waals surface area (Å²) in [6.07, 6.45) is 2.27. The van der Waals surface area contributed by atoms with E-state index in [2.05, 4.69) is 12.2 Å². The molecule has 0 bridgehead atoms. The van der Waals surface area contributed by atoms with Crippen molar-refractivity contribution in [2.75, 3.05) is 13.1 Å². The molecule has 1 aromatic carbocycles. The van der Waals surface area contributed by atoms with Crippen molar-refractivity contribution in [2.45, 2.75) is 32.0 Å². The van der Waals surface area contributed by atoms with Gasteiger partial charge in [-0.1, -0.05) is 31.0 Å². The predicted molar refractivity (Wildman–Crippen MR) is 66.8 cm³/mol. The Morgan fingerprint density at radius 1 is 1.47 bits per heavy atom. The number of rotatable bonds is 3. The molecule has 1 aliphatic heterocycles. The van der Waals surface area contributed by atoms with Crippen molar-refractivity contribution in [3.05, 3.63) is 34.6 Å². The highest BCUT2D eigenvalue weighted by atomic mass is 35.5. The normalized spacial score (nSPS) is 24.9. The fourth-order valence-electron chi connectivity index (χ4n) is 2.14. The van der Waals surface area contributed by atoms with Crippen LogP contribution in [0.3, 0.4) is 0 Å². The summed E-state index contributed by atoms with van der Waals surface area (Å²) in [4.78, 5) is 0. The van der Waals surface area contributed by atoms with Gasteiger partial charge in [0.15, 0.2) is 0 Å². The molecule has 0 aliphatic carbocycles. The van der Waals surface area contributed by atoms with Crippen molar-refractivity contribution in [3.8, 4) is 0 Å². The first-order valence-electron chi connectivity index (χ1n) is 6.02. The Morgan fingerprint density at radius 2 is 2.29 bits per heavy atom. The zero-order chi connectivity index (χ0) is 12.3. The summed E-state index contributed by atoms with van der Waals surface area (Å²) in [5.41, 5.74) is 0.862. The summed E-state index contributed by atoms with van der Waals surface area (Å²) in [7, 11) is 0. The van der Waals surface area contributed by atoms with Crippen LogP contribution < -0.4 is 5.32 Å². The number of ether oxygens (including phenoxy) is 1. The molecule has 0 spiro atoms. The minimum absolute atomic E-state index is 0.0756. The third kappa shape index (κ3) is 3.18. The minimum atomic E-state index is -0.312.